The standard InChI is InChI=1S/C71H132N22O13/c1-12-13-14-15-16-17-18-19-20-21-22-23-24-33-55(95)91-56(43(6)7)67(105)87-49(31-27-36-82-71(78)79)68(106)93-37-28-32-53(93)65(103)92-57(44(8)9)66(104)84-46(11)60(98)89-52(40-54(72)94)63(101)83-45(10)59(97)85-47(29-25-34-80-69(74)75)62(100)90-51(39-42(4)5)64(102)86-48(30-26-35-81-70(76)77)61(99)88-50(58(73)96)38-41(2)3/h41-53,56-57H,12-40H2,1-11H3,(H2,72,94)(H2,73,96)(H,83,101)(H,84,104)(H,85,97)(H,86,102)(H,87,105)(H,88,99)(H,89,98)(H,90,100)(H,91,95)(H,92,103)(H4,74,75,80)(H4,76,77,81)(H4,78,79,82)/t45-,46-,47-,48?,49-,50-,51-,52-,53-,56-,57-/m0/s1. The smallest absolute Gasteiger partial charge is 0.245 e. The van der Waals surface area contributed by atoms with E-state index in [1.54, 1.807) is 41.5 Å². The fourth-order valence-electron chi connectivity index (χ4n) is 11.9. The van der Waals surface area contributed by atoms with Crippen molar-refractivity contribution in [2.24, 2.45) is 84.5 Å². The van der Waals surface area contributed by atoms with Crippen molar-refractivity contribution in [3.8, 4) is 0 Å². The van der Waals surface area contributed by atoms with Crippen molar-refractivity contribution in [3.05, 3.63) is 0 Å². The molecule has 0 aliphatic carbocycles. The lowest BCUT2D eigenvalue weighted by Gasteiger charge is -2.32. The summed E-state index contributed by atoms with van der Waals surface area (Å²) in [5.41, 5.74) is 44.3. The second-order valence-corrected chi connectivity index (χ2v) is 29.2. The molecule has 13 amide bonds. The summed E-state index contributed by atoms with van der Waals surface area (Å²) < 4.78 is 0. The Morgan fingerprint density at radius 1 is 0.387 bits per heavy atom. The van der Waals surface area contributed by atoms with Crippen LogP contribution in [0.3, 0.4) is 0 Å². The van der Waals surface area contributed by atoms with Gasteiger partial charge in [0, 0.05) is 32.6 Å². The third-order valence-corrected chi connectivity index (χ3v) is 17.8. The largest absolute Gasteiger partial charge is 0.370 e. The molecule has 1 rings (SSSR count). The summed E-state index contributed by atoms with van der Waals surface area (Å²) in [7, 11) is 0. The zero-order chi connectivity index (χ0) is 80.2. The number of guanidine groups is 3. The molecule has 11 atom stereocenters. The molecule has 106 heavy (non-hydrogen) atoms. The fourth-order valence-corrected chi connectivity index (χ4v) is 11.9. The van der Waals surface area contributed by atoms with E-state index in [1.807, 2.05) is 13.8 Å². The summed E-state index contributed by atoms with van der Waals surface area (Å²) in [4.78, 5) is 192. The van der Waals surface area contributed by atoms with E-state index in [1.165, 1.54) is 70.1 Å². The van der Waals surface area contributed by atoms with Crippen molar-refractivity contribution >= 4 is 94.7 Å². The Bertz CT molecular complexity index is 2900. The molecule has 35 heteroatoms. The van der Waals surface area contributed by atoms with Crippen LogP contribution in [-0.2, 0) is 62.3 Å². The van der Waals surface area contributed by atoms with E-state index in [0.717, 1.165) is 25.7 Å². The van der Waals surface area contributed by atoms with E-state index in [4.69, 9.17) is 45.9 Å². The van der Waals surface area contributed by atoms with Crippen LogP contribution in [0.1, 0.15) is 237 Å². The number of carbonyl (C=O) groups excluding carboxylic acids is 13. The minimum absolute atomic E-state index is 0.00385. The van der Waals surface area contributed by atoms with E-state index in [9.17, 15) is 62.3 Å². The van der Waals surface area contributed by atoms with Crippen LogP contribution in [0.25, 0.3) is 0 Å². The summed E-state index contributed by atoms with van der Waals surface area (Å²) in [6.45, 7) is 19.1. The molecule has 0 aromatic rings. The number of nitrogens with two attached hydrogens (primary N) is 8. The van der Waals surface area contributed by atoms with Gasteiger partial charge in [-0.05, 0) is 108 Å². The number of amides is 13. The summed E-state index contributed by atoms with van der Waals surface area (Å²) in [5, 5.41) is 26.3. The predicted octanol–water partition coefficient (Wildman–Crippen LogP) is -0.728. The maximum Gasteiger partial charge on any atom is 0.245 e. The minimum Gasteiger partial charge on any atom is -0.370 e. The van der Waals surface area contributed by atoms with Gasteiger partial charge in [0.1, 0.15) is 66.5 Å². The van der Waals surface area contributed by atoms with Crippen molar-refractivity contribution in [2.45, 2.75) is 303 Å². The van der Waals surface area contributed by atoms with Gasteiger partial charge in [-0.15, -0.1) is 0 Å². The number of primary amides is 2. The number of carbonyl (C=O) groups is 13. The number of rotatable bonds is 55. The zero-order valence-corrected chi connectivity index (χ0v) is 64.9. The first-order valence-electron chi connectivity index (χ1n) is 38.0. The van der Waals surface area contributed by atoms with Crippen LogP contribution in [0.4, 0.5) is 0 Å². The summed E-state index contributed by atoms with van der Waals surface area (Å²) in [6, 6.07) is -14.3. The monoisotopic (exact) mass is 1500 g/mol. The van der Waals surface area contributed by atoms with Crippen LogP contribution in [0, 0.1) is 23.7 Å². The third-order valence-electron chi connectivity index (χ3n) is 17.8. The summed E-state index contributed by atoms with van der Waals surface area (Å²) in [5.74, 6) is -12.1. The molecule has 1 heterocycles. The maximum atomic E-state index is 14.6. The number of nitrogens with zero attached hydrogens (tertiary/aromatic N) is 4. The van der Waals surface area contributed by atoms with Gasteiger partial charge in [-0.3, -0.25) is 77.3 Å². The summed E-state index contributed by atoms with van der Waals surface area (Å²) in [6.07, 6.45) is 15.8. The molecular formula is C71H132N22O13. The van der Waals surface area contributed by atoms with E-state index in [0.29, 0.717) is 12.8 Å². The summed E-state index contributed by atoms with van der Waals surface area (Å²) >= 11 is 0. The van der Waals surface area contributed by atoms with Gasteiger partial charge in [0.15, 0.2) is 17.9 Å². The molecule has 0 saturated carbocycles. The quantitative estimate of drug-likeness (QED) is 0.0203. The Morgan fingerprint density at radius 3 is 1.18 bits per heavy atom. The predicted molar refractivity (Wildman–Crippen MR) is 407 cm³/mol. The van der Waals surface area contributed by atoms with Gasteiger partial charge < -0.3 is 104 Å². The van der Waals surface area contributed by atoms with Crippen LogP contribution in [0.2, 0.25) is 0 Å². The number of likely N-dealkylation sites (tertiary alicyclic amines) is 1. The molecule has 1 unspecified atom stereocenters. The Kier molecular flexibility index (Phi) is 46.6. The molecular weight excluding hydrogens is 1370 g/mol. The first-order valence-corrected chi connectivity index (χ1v) is 38.0. The fraction of sp³-hybridized carbons (Fsp3) is 0.775. The van der Waals surface area contributed by atoms with Gasteiger partial charge in [-0.2, -0.15) is 0 Å². The molecule has 35 nitrogen and oxygen atoms in total. The second-order valence-electron chi connectivity index (χ2n) is 29.2. The highest BCUT2D eigenvalue weighted by atomic mass is 16.2. The Morgan fingerprint density at radius 2 is 0.745 bits per heavy atom. The van der Waals surface area contributed by atoms with Crippen molar-refractivity contribution in [1.29, 1.82) is 0 Å². The van der Waals surface area contributed by atoms with E-state index >= 15 is 0 Å². The average molecular weight is 1500 g/mol. The highest BCUT2D eigenvalue weighted by molar-refractivity contribution is 6.00. The van der Waals surface area contributed by atoms with Gasteiger partial charge in [0.25, 0.3) is 0 Å². The molecule has 0 spiro atoms. The number of unbranched alkanes of at least 4 members (excludes halogenated alkanes) is 12. The van der Waals surface area contributed by atoms with Crippen molar-refractivity contribution in [2.75, 3.05) is 26.2 Å². The maximum absolute atomic E-state index is 14.6. The van der Waals surface area contributed by atoms with Crippen molar-refractivity contribution in [3.63, 3.8) is 0 Å². The van der Waals surface area contributed by atoms with E-state index in [-0.39, 0.29) is 132 Å². The Hall–Kier alpha value is -9.08. The molecule has 1 aliphatic heterocycles. The molecule has 0 aromatic heterocycles. The number of nitrogens with one attached hydrogen (secondary N) is 10. The van der Waals surface area contributed by atoms with Crippen LogP contribution >= 0.6 is 0 Å². The van der Waals surface area contributed by atoms with Crippen LogP contribution in [0.15, 0.2) is 15.0 Å². The topological polar surface area (TPSA) is 591 Å². The Balaban J connectivity index is 3.29. The van der Waals surface area contributed by atoms with E-state index < -0.39 is 150 Å². The Labute approximate surface area is 626 Å². The highest BCUT2D eigenvalue weighted by Crippen LogP contribution is 2.22. The van der Waals surface area contributed by atoms with Gasteiger partial charge >= 0.3 is 0 Å². The van der Waals surface area contributed by atoms with Gasteiger partial charge in [0.05, 0.1) is 6.42 Å². The number of aliphatic imine (C=N–C) groups is 3. The highest BCUT2D eigenvalue weighted by Gasteiger charge is 2.41. The van der Waals surface area contributed by atoms with Crippen LogP contribution < -0.4 is 99.0 Å². The molecule has 1 fully saturated rings. The molecule has 1 saturated heterocycles. The average Bonchev–Trinajstić information content (AvgIpc) is 1.61. The van der Waals surface area contributed by atoms with Gasteiger partial charge in [-0.25, -0.2) is 0 Å². The molecule has 0 aromatic carbocycles. The lowest BCUT2D eigenvalue weighted by molar-refractivity contribution is -0.143. The number of hydrogen-bond acceptors (Lipinski definition) is 16. The minimum atomic E-state index is -1.73. The second kappa shape index (κ2) is 52.0. The first-order chi connectivity index (χ1) is 49.9. The van der Waals surface area contributed by atoms with Gasteiger partial charge in [-0.1, -0.05) is 139 Å². The molecule has 26 N–H and O–H groups in total. The SMILES string of the molecule is CCCCCCCCCCCCCCCC(=O)N[C@H](C(=O)N[C@@H](CCCN=C(N)N)C(=O)N1CCC[C@H]1C(=O)N[C@H](C(=O)N[C@@H](C)C(=O)N[C@@H](CC(N)=O)C(=O)N[C@@H](C)C(=O)N[C@@H](CCCN=C(N)N)C(=O)N[C@@H](CC(C)C)C(=O)NC(CCCN=C(N)N)C(=O)N[C@@H](CC(C)C)C(N)=O)C(C)C)C(C)C. The molecule has 0 radical (unpaired) electrons. The van der Waals surface area contributed by atoms with Gasteiger partial charge in [0.2, 0.25) is 76.8 Å². The molecule has 1 aliphatic rings. The first kappa shape index (κ1) is 94.9. The zero-order valence-electron chi connectivity index (χ0n) is 64.9. The van der Waals surface area contributed by atoms with Crippen molar-refractivity contribution < 1.29 is 62.3 Å². The molecule has 604 valence electrons. The van der Waals surface area contributed by atoms with E-state index in [2.05, 4.69) is 75.1 Å². The number of hydrogen-bond donors (Lipinski definition) is 18. The van der Waals surface area contributed by atoms with Crippen LogP contribution in [-0.4, -0.2) is 192 Å². The molecule has 0 bridgehead atoms. The van der Waals surface area contributed by atoms with Crippen molar-refractivity contribution in [1.82, 2.24) is 58.1 Å². The lowest BCUT2D eigenvalue weighted by atomic mass is 10.00. The van der Waals surface area contributed by atoms with Crippen LogP contribution in [0.5, 0.6) is 0 Å². The third kappa shape index (κ3) is 39.9. The normalized spacial score (nSPS) is 15.5. The lowest BCUT2D eigenvalue weighted by Crippen LogP contribution is -2.61.